The number of nitrogens with one attached hydrogen (secondary N) is 1. The van der Waals surface area contributed by atoms with Crippen molar-refractivity contribution in [3.63, 3.8) is 0 Å². The van der Waals surface area contributed by atoms with Gasteiger partial charge in [-0.1, -0.05) is 17.8 Å². The summed E-state index contributed by atoms with van der Waals surface area (Å²) in [4.78, 5) is 5.68. The Labute approximate surface area is 123 Å². The van der Waals surface area contributed by atoms with E-state index in [-0.39, 0.29) is 0 Å². The molecule has 3 rings (SSSR count). The van der Waals surface area contributed by atoms with Crippen molar-refractivity contribution < 1.29 is 4.74 Å². The van der Waals surface area contributed by atoms with Gasteiger partial charge < -0.3 is 10.1 Å². The Morgan fingerprint density at radius 1 is 1.20 bits per heavy atom. The summed E-state index contributed by atoms with van der Waals surface area (Å²) in [5.41, 5.74) is 1.25. The van der Waals surface area contributed by atoms with Crippen LogP contribution in [-0.4, -0.2) is 18.1 Å². The van der Waals surface area contributed by atoms with E-state index in [9.17, 15) is 0 Å². The molecule has 1 aliphatic rings. The van der Waals surface area contributed by atoms with Gasteiger partial charge in [0.25, 0.3) is 0 Å². The van der Waals surface area contributed by atoms with E-state index in [4.69, 9.17) is 4.74 Å². The van der Waals surface area contributed by atoms with E-state index < -0.39 is 0 Å². The molecule has 0 spiro atoms. The number of benzene rings is 1. The number of hydrogen-bond acceptors (Lipinski definition) is 4. The van der Waals surface area contributed by atoms with Crippen LogP contribution < -0.4 is 10.1 Å². The first-order chi connectivity index (χ1) is 9.83. The third kappa shape index (κ3) is 3.74. The number of hydrogen-bond donors (Lipinski definition) is 1. The smallest absolute Gasteiger partial charge is 0.118 e. The molecule has 0 saturated heterocycles. The predicted molar refractivity (Wildman–Crippen MR) is 81.2 cm³/mol. The summed E-state index contributed by atoms with van der Waals surface area (Å²) in [6.07, 6.45) is 4.60. The average molecular weight is 286 g/mol. The first kappa shape index (κ1) is 13.5. The van der Waals surface area contributed by atoms with Gasteiger partial charge >= 0.3 is 0 Å². The van der Waals surface area contributed by atoms with Crippen LogP contribution in [0.4, 0.5) is 0 Å². The monoisotopic (exact) mass is 286 g/mol. The largest absolute Gasteiger partial charge is 0.497 e. The molecule has 0 bridgehead atoms. The summed E-state index contributed by atoms with van der Waals surface area (Å²) in [7, 11) is 1.68. The lowest BCUT2D eigenvalue weighted by Gasteiger charge is -2.05. The molecule has 1 fully saturated rings. The van der Waals surface area contributed by atoms with Gasteiger partial charge in [0.15, 0.2) is 0 Å². The molecule has 0 atom stereocenters. The second-order valence-corrected chi connectivity index (χ2v) is 6.03. The highest BCUT2D eigenvalue weighted by molar-refractivity contribution is 7.99. The van der Waals surface area contributed by atoms with E-state index in [1.54, 1.807) is 18.9 Å². The fraction of sp³-hybridized carbons (Fsp3) is 0.312. The number of methoxy groups -OCH3 is 1. The lowest BCUT2D eigenvalue weighted by molar-refractivity contribution is 0.414. The lowest BCUT2D eigenvalue weighted by Crippen LogP contribution is -2.15. The maximum atomic E-state index is 5.15. The van der Waals surface area contributed by atoms with Crippen LogP contribution in [0, 0.1) is 0 Å². The third-order valence-electron chi connectivity index (χ3n) is 3.25. The number of aromatic nitrogens is 1. The molecule has 2 aromatic rings. The molecule has 1 aromatic heterocycles. The summed E-state index contributed by atoms with van der Waals surface area (Å²) in [5, 5.41) is 4.51. The summed E-state index contributed by atoms with van der Waals surface area (Å²) in [5.74, 6) is 0.879. The standard InChI is InChI=1S/C16H18N2OS/c1-19-14-5-7-15(8-6-14)20-16-9-2-12(11-18-16)10-17-13-3-4-13/h2,5-9,11,13,17H,3-4,10H2,1H3. The van der Waals surface area contributed by atoms with Crippen LogP contribution in [0.1, 0.15) is 18.4 Å². The molecular weight excluding hydrogens is 268 g/mol. The fourth-order valence-corrected chi connectivity index (χ4v) is 2.65. The maximum Gasteiger partial charge on any atom is 0.118 e. The molecule has 1 N–H and O–H groups in total. The summed E-state index contributed by atoms with van der Waals surface area (Å²) < 4.78 is 5.15. The van der Waals surface area contributed by atoms with Gasteiger partial charge in [-0.15, -0.1) is 0 Å². The van der Waals surface area contributed by atoms with Crippen LogP contribution in [0.2, 0.25) is 0 Å². The van der Waals surface area contributed by atoms with Crippen molar-refractivity contribution in [2.75, 3.05) is 7.11 Å². The van der Waals surface area contributed by atoms with E-state index >= 15 is 0 Å². The maximum absolute atomic E-state index is 5.15. The molecule has 1 saturated carbocycles. The van der Waals surface area contributed by atoms with Gasteiger partial charge in [-0.25, -0.2) is 4.98 Å². The third-order valence-corrected chi connectivity index (χ3v) is 4.21. The van der Waals surface area contributed by atoms with Crippen LogP contribution in [0.5, 0.6) is 5.75 Å². The second-order valence-electron chi connectivity index (χ2n) is 4.94. The molecule has 0 aliphatic heterocycles. The zero-order chi connectivity index (χ0) is 13.8. The zero-order valence-electron chi connectivity index (χ0n) is 11.5. The van der Waals surface area contributed by atoms with Crippen LogP contribution in [0.25, 0.3) is 0 Å². The minimum absolute atomic E-state index is 0.739. The van der Waals surface area contributed by atoms with Crippen LogP contribution in [-0.2, 0) is 6.54 Å². The highest BCUT2D eigenvalue weighted by Crippen LogP contribution is 2.27. The van der Waals surface area contributed by atoms with Gasteiger partial charge in [0, 0.05) is 23.7 Å². The topological polar surface area (TPSA) is 34.1 Å². The van der Waals surface area contributed by atoms with Crippen molar-refractivity contribution in [1.82, 2.24) is 10.3 Å². The van der Waals surface area contributed by atoms with Gasteiger partial charge in [0.2, 0.25) is 0 Å². The van der Waals surface area contributed by atoms with Crippen molar-refractivity contribution in [2.45, 2.75) is 35.3 Å². The molecule has 1 aliphatic carbocycles. The van der Waals surface area contributed by atoms with Crippen LogP contribution in [0.15, 0.2) is 52.5 Å². The summed E-state index contributed by atoms with van der Waals surface area (Å²) in [6.45, 7) is 0.922. The number of rotatable bonds is 6. The van der Waals surface area contributed by atoms with Gasteiger partial charge in [-0.05, 0) is 48.7 Å². The van der Waals surface area contributed by atoms with Gasteiger partial charge in [0.05, 0.1) is 7.11 Å². The lowest BCUT2D eigenvalue weighted by atomic mass is 10.3. The fourth-order valence-electron chi connectivity index (χ4n) is 1.89. The molecule has 0 radical (unpaired) electrons. The van der Waals surface area contributed by atoms with E-state index in [2.05, 4.69) is 22.4 Å². The molecule has 1 heterocycles. The first-order valence-corrected chi connectivity index (χ1v) is 7.65. The van der Waals surface area contributed by atoms with Crippen molar-refractivity contribution in [3.05, 3.63) is 48.2 Å². The number of nitrogens with zero attached hydrogens (tertiary/aromatic N) is 1. The van der Waals surface area contributed by atoms with Crippen LogP contribution >= 0.6 is 11.8 Å². The molecule has 3 nitrogen and oxygen atoms in total. The van der Waals surface area contributed by atoms with Crippen molar-refractivity contribution in [2.24, 2.45) is 0 Å². The minimum Gasteiger partial charge on any atom is -0.497 e. The van der Waals surface area contributed by atoms with Gasteiger partial charge in [-0.3, -0.25) is 0 Å². The van der Waals surface area contributed by atoms with Gasteiger partial charge in [-0.2, -0.15) is 0 Å². The van der Waals surface area contributed by atoms with E-state index in [1.807, 2.05) is 30.5 Å². The molecule has 0 unspecified atom stereocenters. The molecule has 0 amide bonds. The molecule has 20 heavy (non-hydrogen) atoms. The molecular formula is C16H18N2OS. The Hall–Kier alpha value is -1.52. The van der Waals surface area contributed by atoms with Crippen molar-refractivity contribution >= 4 is 11.8 Å². The van der Waals surface area contributed by atoms with Gasteiger partial charge in [0.1, 0.15) is 10.8 Å². The number of ether oxygens (including phenoxy) is 1. The summed E-state index contributed by atoms with van der Waals surface area (Å²) in [6, 6.07) is 13.0. The highest BCUT2D eigenvalue weighted by Gasteiger charge is 2.19. The Balaban J connectivity index is 1.58. The van der Waals surface area contributed by atoms with Crippen molar-refractivity contribution in [3.8, 4) is 5.75 Å². The molecule has 1 aromatic carbocycles. The Morgan fingerprint density at radius 2 is 2.00 bits per heavy atom. The Bertz CT molecular complexity index is 550. The predicted octanol–water partition coefficient (Wildman–Crippen LogP) is 3.49. The minimum atomic E-state index is 0.739. The molecule has 4 heteroatoms. The van der Waals surface area contributed by atoms with Crippen LogP contribution in [0.3, 0.4) is 0 Å². The van der Waals surface area contributed by atoms with E-state index in [1.165, 1.54) is 23.3 Å². The Kier molecular flexibility index (Phi) is 4.23. The van der Waals surface area contributed by atoms with Crippen molar-refractivity contribution in [1.29, 1.82) is 0 Å². The normalized spacial score (nSPS) is 14.2. The summed E-state index contributed by atoms with van der Waals surface area (Å²) >= 11 is 1.67. The second kappa shape index (κ2) is 6.29. The number of pyridine rings is 1. The average Bonchev–Trinajstić information content (AvgIpc) is 3.32. The molecule has 104 valence electrons. The highest BCUT2D eigenvalue weighted by atomic mass is 32.2. The van der Waals surface area contributed by atoms with E-state index in [0.29, 0.717) is 0 Å². The quantitative estimate of drug-likeness (QED) is 0.881. The zero-order valence-corrected chi connectivity index (χ0v) is 12.3. The Morgan fingerprint density at radius 3 is 2.60 bits per heavy atom. The first-order valence-electron chi connectivity index (χ1n) is 6.84. The SMILES string of the molecule is COc1ccc(Sc2ccc(CNC3CC3)cn2)cc1. The van der Waals surface area contributed by atoms with E-state index in [0.717, 1.165) is 23.4 Å².